The molecule has 1 aromatic heterocycles. The molecule has 2 aliphatic rings. The van der Waals surface area contributed by atoms with E-state index >= 15 is 0 Å². The molecule has 0 saturated carbocycles. The summed E-state index contributed by atoms with van der Waals surface area (Å²) in [5.41, 5.74) is 4.50. The standard InChI is InChI=1S/C24H26ClN3O/c1-27-13-11-18(12-14-27)29-23-19-7-3-2-6-17(19)10-15-28-16-22(26-24(23)28)20-8-4-5-9-21(20)25/h2-9,16,18,23H,10-15H2,1H3. The first kappa shape index (κ1) is 18.9. The molecule has 1 saturated heterocycles. The van der Waals surface area contributed by atoms with Crippen molar-refractivity contribution in [1.29, 1.82) is 0 Å². The average molecular weight is 408 g/mol. The third-order valence-corrected chi connectivity index (χ3v) is 6.48. The van der Waals surface area contributed by atoms with Crippen molar-refractivity contribution in [2.45, 2.75) is 38.0 Å². The number of ether oxygens (including phenoxy) is 1. The second kappa shape index (κ2) is 7.94. The van der Waals surface area contributed by atoms with Crippen LogP contribution in [0.25, 0.3) is 11.3 Å². The molecule has 4 nitrogen and oxygen atoms in total. The highest BCUT2D eigenvalue weighted by molar-refractivity contribution is 6.33. The molecule has 150 valence electrons. The fourth-order valence-corrected chi connectivity index (χ4v) is 4.70. The number of halogens is 1. The molecule has 1 fully saturated rings. The predicted octanol–water partition coefficient (Wildman–Crippen LogP) is 4.96. The van der Waals surface area contributed by atoms with Crippen LogP contribution < -0.4 is 0 Å². The zero-order chi connectivity index (χ0) is 19.8. The number of rotatable bonds is 3. The fourth-order valence-electron chi connectivity index (χ4n) is 4.46. The average Bonchev–Trinajstić information content (AvgIpc) is 3.10. The maximum atomic E-state index is 6.75. The molecule has 0 bridgehead atoms. The highest BCUT2D eigenvalue weighted by atomic mass is 35.5. The fraction of sp³-hybridized carbons (Fsp3) is 0.375. The molecule has 3 aromatic rings. The number of hydrogen-bond donors (Lipinski definition) is 0. The quantitative estimate of drug-likeness (QED) is 0.614. The first-order valence-corrected chi connectivity index (χ1v) is 10.8. The van der Waals surface area contributed by atoms with Crippen LogP contribution in [0.3, 0.4) is 0 Å². The lowest BCUT2D eigenvalue weighted by molar-refractivity contribution is -0.0275. The zero-order valence-electron chi connectivity index (χ0n) is 16.7. The van der Waals surface area contributed by atoms with Gasteiger partial charge in [-0.25, -0.2) is 4.98 Å². The van der Waals surface area contributed by atoms with E-state index in [1.807, 2.05) is 24.3 Å². The summed E-state index contributed by atoms with van der Waals surface area (Å²) in [6.45, 7) is 3.06. The monoisotopic (exact) mass is 407 g/mol. The van der Waals surface area contributed by atoms with Crippen LogP contribution in [-0.4, -0.2) is 40.7 Å². The normalized spacial score (nSPS) is 20.1. The summed E-state index contributed by atoms with van der Waals surface area (Å²) in [5.74, 6) is 0.990. The van der Waals surface area contributed by atoms with Crippen molar-refractivity contribution in [2.24, 2.45) is 0 Å². The summed E-state index contributed by atoms with van der Waals surface area (Å²) in [6.07, 6.45) is 5.36. The second-order valence-electron chi connectivity index (χ2n) is 8.13. The van der Waals surface area contributed by atoms with Gasteiger partial charge in [0.2, 0.25) is 0 Å². The van der Waals surface area contributed by atoms with Crippen LogP contribution >= 0.6 is 11.6 Å². The SMILES string of the molecule is CN1CCC(OC2c3ccccc3CCn3cc(-c4ccccc4Cl)nc32)CC1. The van der Waals surface area contributed by atoms with Gasteiger partial charge in [0.25, 0.3) is 0 Å². The molecule has 1 unspecified atom stereocenters. The minimum absolute atomic E-state index is 0.140. The molecule has 0 N–H and O–H groups in total. The Hall–Kier alpha value is -2.14. The number of benzene rings is 2. The van der Waals surface area contributed by atoms with Gasteiger partial charge in [0.05, 0.1) is 16.8 Å². The Balaban J connectivity index is 1.55. The molecule has 0 amide bonds. The van der Waals surface area contributed by atoms with Crippen molar-refractivity contribution in [3.8, 4) is 11.3 Å². The van der Waals surface area contributed by atoms with Crippen molar-refractivity contribution in [2.75, 3.05) is 20.1 Å². The van der Waals surface area contributed by atoms with E-state index in [2.05, 4.69) is 47.0 Å². The van der Waals surface area contributed by atoms with Gasteiger partial charge >= 0.3 is 0 Å². The van der Waals surface area contributed by atoms with E-state index in [0.717, 1.165) is 61.0 Å². The molecule has 0 radical (unpaired) electrons. The number of likely N-dealkylation sites (tertiary alicyclic amines) is 1. The van der Waals surface area contributed by atoms with Gasteiger partial charge in [-0.3, -0.25) is 0 Å². The number of hydrogen-bond acceptors (Lipinski definition) is 3. The minimum Gasteiger partial charge on any atom is -0.362 e. The van der Waals surface area contributed by atoms with Gasteiger partial charge in [-0.15, -0.1) is 0 Å². The van der Waals surface area contributed by atoms with E-state index in [4.69, 9.17) is 21.3 Å². The van der Waals surface area contributed by atoms with Crippen molar-refractivity contribution in [3.05, 3.63) is 76.7 Å². The largest absolute Gasteiger partial charge is 0.362 e. The lowest BCUT2D eigenvalue weighted by Gasteiger charge is -2.32. The summed E-state index contributed by atoms with van der Waals surface area (Å²) >= 11 is 6.46. The van der Waals surface area contributed by atoms with Crippen molar-refractivity contribution in [1.82, 2.24) is 14.5 Å². The topological polar surface area (TPSA) is 30.3 Å². The molecular weight excluding hydrogens is 382 g/mol. The van der Waals surface area contributed by atoms with Gasteiger partial charge in [0.15, 0.2) is 0 Å². The highest BCUT2D eigenvalue weighted by Gasteiger charge is 2.30. The molecule has 0 aliphatic carbocycles. The third-order valence-electron chi connectivity index (χ3n) is 6.15. The first-order valence-electron chi connectivity index (χ1n) is 10.4. The minimum atomic E-state index is -0.140. The van der Waals surface area contributed by atoms with Gasteiger partial charge < -0.3 is 14.2 Å². The predicted molar refractivity (Wildman–Crippen MR) is 116 cm³/mol. The maximum Gasteiger partial charge on any atom is 0.143 e. The molecule has 2 aromatic carbocycles. The molecule has 2 aliphatic heterocycles. The van der Waals surface area contributed by atoms with E-state index in [-0.39, 0.29) is 12.2 Å². The van der Waals surface area contributed by atoms with Crippen LogP contribution in [0.5, 0.6) is 0 Å². The van der Waals surface area contributed by atoms with Crippen LogP contribution in [0.2, 0.25) is 5.02 Å². The smallest absolute Gasteiger partial charge is 0.143 e. The Labute approximate surface area is 177 Å². The number of aryl methyl sites for hydroxylation is 2. The summed E-state index contributed by atoms with van der Waals surface area (Å²) in [6, 6.07) is 16.6. The molecular formula is C24H26ClN3O. The van der Waals surface area contributed by atoms with Crippen molar-refractivity contribution >= 4 is 11.6 Å². The highest BCUT2D eigenvalue weighted by Crippen LogP contribution is 2.36. The van der Waals surface area contributed by atoms with Crippen LogP contribution in [0, 0.1) is 0 Å². The van der Waals surface area contributed by atoms with E-state index < -0.39 is 0 Å². The van der Waals surface area contributed by atoms with E-state index in [1.165, 1.54) is 11.1 Å². The van der Waals surface area contributed by atoms with Gasteiger partial charge in [-0.1, -0.05) is 54.1 Å². The Kier molecular flexibility index (Phi) is 5.17. The Bertz CT molecular complexity index is 1010. The summed E-state index contributed by atoms with van der Waals surface area (Å²) in [5, 5.41) is 0.731. The lowest BCUT2D eigenvalue weighted by Crippen LogP contribution is -2.35. The zero-order valence-corrected chi connectivity index (χ0v) is 17.5. The number of aromatic nitrogens is 2. The molecule has 1 atom stereocenters. The number of fused-ring (bicyclic) bond motifs is 2. The number of piperidine rings is 1. The van der Waals surface area contributed by atoms with Crippen LogP contribution in [0.15, 0.2) is 54.7 Å². The van der Waals surface area contributed by atoms with Crippen LogP contribution in [0.4, 0.5) is 0 Å². The summed E-state index contributed by atoms with van der Waals surface area (Å²) < 4.78 is 9.01. The lowest BCUT2D eigenvalue weighted by atomic mass is 10.00. The first-order chi connectivity index (χ1) is 14.2. The number of imidazole rings is 1. The van der Waals surface area contributed by atoms with Crippen molar-refractivity contribution in [3.63, 3.8) is 0 Å². The van der Waals surface area contributed by atoms with Gasteiger partial charge in [-0.2, -0.15) is 0 Å². The maximum absolute atomic E-state index is 6.75. The van der Waals surface area contributed by atoms with Gasteiger partial charge in [-0.05, 0) is 43.5 Å². The van der Waals surface area contributed by atoms with Crippen LogP contribution in [0.1, 0.15) is 35.9 Å². The Morgan fingerprint density at radius 2 is 1.76 bits per heavy atom. The Morgan fingerprint density at radius 3 is 2.59 bits per heavy atom. The van der Waals surface area contributed by atoms with Crippen molar-refractivity contribution < 1.29 is 4.74 Å². The molecule has 5 heteroatoms. The van der Waals surface area contributed by atoms with Gasteiger partial charge in [0, 0.05) is 31.4 Å². The molecule has 0 spiro atoms. The second-order valence-corrected chi connectivity index (χ2v) is 8.53. The third kappa shape index (κ3) is 3.73. The molecule has 5 rings (SSSR count). The summed E-state index contributed by atoms with van der Waals surface area (Å²) in [4.78, 5) is 7.42. The number of nitrogens with zero attached hydrogens (tertiary/aromatic N) is 3. The van der Waals surface area contributed by atoms with E-state index in [9.17, 15) is 0 Å². The molecule has 3 heterocycles. The van der Waals surface area contributed by atoms with Crippen LogP contribution in [-0.2, 0) is 17.7 Å². The van der Waals surface area contributed by atoms with E-state index in [1.54, 1.807) is 0 Å². The molecule has 29 heavy (non-hydrogen) atoms. The Morgan fingerprint density at radius 1 is 1.00 bits per heavy atom. The van der Waals surface area contributed by atoms with Gasteiger partial charge in [0.1, 0.15) is 11.9 Å². The van der Waals surface area contributed by atoms with E-state index in [0.29, 0.717) is 0 Å². The summed E-state index contributed by atoms with van der Waals surface area (Å²) in [7, 11) is 2.18.